The summed E-state index contributed by atoms with van der Waals surface area (Å²) in [6, 6.07) is 0.127. The van der Waals surface area contributed by atoms with Gasteiger partial charge in [-0.2, -0.15) is 0 Å². The van der Waals surface area contributed by atoms with E-state index in [0.29, 0.717) is 37.5 Å². The zero-order valence-electron chi connectivity index (χ0n) is 23.5. The van der Waals surface area contributed by atoms with Gasteiger partial charge in [0.15, 0.2) is 0 Å². The minimum absolute atomic E-state index is 0.00961. The molecule has 0 aromatic rings. The number of carbonyl (C=O) groups is 2. The first kappa shape index (κ1) is 26.6. The van der Waals surface area contributed by atoms with Crippen molar-refractivity contribution in [2.24, 2.45) is 34.5 Å². The molecular formula is C30H47N3O5. The topological polar surface area (TPSA) is 102 Å². The van der Waals surface area contributed by atoms with Crippen LogP contribution in [0, 0.1) is 34.5 Å². The number of cyclic esters (lactones) is 1. The molecule has 4 aliphatic carbocycles. The number of piperazine rings is 1. The molecular weight excluding hydrogens is 482 g/mol. The number of aliphatic hydroxyl groups is 2. The molecule has 8 heteroatoms. The molecule has 0 aromatic heterocycles. The van der Waals surface area contributed by atoms with Crippen molar-refractivity contribution < 1.29 is 24.5 Å². The number of nitrogens with one attached hydrogen (secondary N) is 1. The molecule has 3 N–H and O–H groups in total. The fraction of sp³-hybridized carbons (Fsp3) is 0.867. The van der Waals surface area contributed by atoms with E-state index in [0.717, 1.165) is 69.9 Å². The fourth-order valence-electron chi connectivity index (χ4n) is 10.3. The Morgan fingerprint density at radius 1 is 1.16 bits per heavy atom. The summed E-state index contributed by atoms with van der Waals surface area (Å²) in [5, 5.41) is 25.5. The number of carbonyl (C=O) groups excluding carboxylic acids is 2. The van der Waals surface area contributed by atoms with Gasteiger partial charge in [-0.1, -0.05) is 13.8 Å². The number of esters is 1. The normalized spacial score (nSPS) is 46.5. The maximum absolute atomic E-state index is 13.4. The van der Waals surface area contributed by atoms with E-state index < -0.39 is 5.60 Å². The number of amides is 2. The molecule has 1 saturated heterocycles. The number of nitrogens with zero attached hydrogens (tertiary/aromatic N) is 2. The molecule has 38 heavy (non-hydrogen) atoms. The molecule has 212 valence electrons. The highest BCUT2D eigenvalue weighted by molar-refractivity contribution is 5.85. The molecule has 6 aliphatic rings. The van der Waals surface area contributed by atoms with Crippen molar-refractivity contribution in [3.63, 3.8) is 0 Å². The van der Waals surface area contributed by atoms with Crippen molar-refractivity contribution in [3.05, 3.63) is 11.6 Å². The van der Waals surface area contributed by atoms with E-state index in [1.165, 1.54) is 0 Å². The maximum Gasteiger partial charge on any atom is 0.331 e. The van der Waals surface area contributed by atoms with Crippen molar-refractivity contribution >= 4 is 12.0 Å². The largest absolute Gasteiger partial charge is 0.458 e. The summed E-state index contributed by atoms with van der Waals surface area (Å²) in [5.41, 5.74) is 0.389. The van der Waals surface area contributed by atoms with E-state index in [9.17, 15) is 19.8 Å². The standard InChI is InChI=1S/C30H47N3O5/c1-28-9-6-21(32(3)27(36)33-13-12-31-16-22(33)17-34)15-20(28)4-5-25-24(28)7-10-29(2)23(8-11-30(25,29)37)19-14-26(35)38-18-19/h14,20-25,31,34,37H,4-13,15-18H2,1-3H3/t20-,21+,22?,23-,24+,25-,28+,29-,30+/m1/s1. The van der Waals surface area contributed by atoms with Crippen LogP contribution < -0.4 is 5.32 Å². The third-order valence-electron chi connectivity index (χ3n) is 12.6. The van der Waals surface area contributed by atoms with Crippen molar-refractivity contribution in [3.8, 4) is 0 Å². The molecule has 9 atom stereocenters. The van der Waals surface area contributed by atoms with Gasteiger partial charge in [0.05, 0.1) is 18.2 Å². The molecule has 0 spiro atoms. The molecule has 0 radical (unpaired) electrons. The zero-order valence-corrected chi connectivity index (χ0v) is 23.5. The predicted octanol–water partition coefficient (Wildman–Crippen LogP) is 2.93. The second kappa shape index (κ2) is 9.48. The highest BCUT2D eigenvalue weighted by atomic mass is 16.5. The van der Waals surface area contributed by atoms with Crippen LogP contribution in [-0.2, 0) is 9.53 Å². The summed E-state index contributed by atoms with van der Waals surface area (Å²) in [5.74, 6) is 1.36. The van der Waals surface area contributed by atoms with E-state index >= 15 is 0 Å². The van der Waals surface area contributed by atoms with Crippen LogP contribution in [0.15, 0.2) is 11.6 Å². The van der Waals surface area contributed by atoms with Crippen LogP contribution in [0.3, 0.4) is 0 Å². The van der Waals surface area contributed by atoms with Crippen molar-refractivity contribution in [1.29, 1.82) is 0 Å². The quantitative estimate of drug-likeness (QED) is 0.486. The Kier molecular flexibility index (Phi) is 6.63. The van der Waals surface area contributed by atoms with Gasteiger partial charge < -0.3 is 30.1 Å². The first-order valence-corrected chi connectivity index (χ1v) is 15.1. The molecule has 0 aromatic carbocycles. The molecule has 2 amide bonds. The Bertz CT molecular complexity index is 1000. The van der Waals surface area contributed by atoms with Gasteiger partial charge in [-0.25, -0.2) is 9.59 Å². The minimum Gasteiger partial charge on any atom is -0.458 e. The number of urea groups is 1. The highest BCUT2D eigenvalue weighted by Gasteiger charge is 2.67. The number of fused-ring (bicyclic) bond motifs is 5. The molecule has 2 heterocycles. The Hall–Kier alpha value is -1.64. The molecule has 0 bridgehead atoms. The maximum atomic E-state index is 13.4. The third kappa shape index (κ3) is 3.80. The number of rotatable bonds is 3. The summed E-state index contributed by atoms with van der Waals surface area (Å²) in [6.07, 6.45) is 10.9. The van der Waals surface area contributed by atoms with Gasteiger partial charge in [-0.3, -0.25) is 0 Å². The van der Waals surface area contributed by atoms with E-state index in [1.807, 2.05) is 16.8 Å². The van der Waals surface area contributed by atoms with Gasteiger partial charge in [-0.15, -0.1) is 0 Å². The highest BCUT2D eigenvalue weighted by Crippen LogP contribution is 2.70. The van der Waals surface area contributed by atoms with E-state index in [2.05, 4.69) is 19.2 Å². The summed E-state index contributed by atoms with van der Waals surface area (Å²) >= 11 is 0. The third-order valence-corrected chi connectivity index (χ3v) is 12.6. The number of hydrogen-bond acceptors (Lipinski definition) is 6. The monoisotopic (exact) mass is 529 g/mol. The molecule has 8 nitrogen and oxygen atoms in total. The summed E-state index contributed by atoms with van der Waals surface area (Å²) in [7, 11) is 1.96. The SMILES string of the molecule is CN(C(=O)N1CCNCC1CO)[C@H]1CC[C@@]2(C)[C@H](CC[C@@H]3[C@@H]2CC[C@]2(C)[C@@H](C4=CC(=O)OC4)CC[C@]32O)C1. The number of aliphatic hydroxyl groups excluding tert-OH is 1. The predicted molar refractivity (Wildman–Crippen MR) is 143 cm³/mol. The van der Waals surface area contributed by atoms with Crippen LogP contribution in [0.4, 0.5) is 4.79 Å². The van der Waals surface area contributed by atoms with Crippen LogP contribution in [0.2, 0.25) is 0 Å². The number of hydrogen-bond donors (Lipinski definition) is 3. The molecule has 4 saturated carbocycles. The van der Waals surface area contributed by atoms with Gasteiger partial charge >= 0.3 is 12.0 Å². The Morgan fingerprint density at radius 3 is 2.71 bits per heavy atom. The fourth-order valence-corrected chi connectivity index (χ4v) is 10.3. The first-order chi connectivity index (χ1) is 18.1. The summed E-state index contributed by atoms with van der Waals surface area (Å²) in [6.45, 7) is 7.21. The summed E-state index contributed by atoms with van der Waals surface area (Å²) < 4.78 is 5.27. The van der Waals surface area contributed by atoms with E-state index in [1.54, 1.807) is 6.08 Å². The van der Waals surface area contributed by atoms with Gasteiger partial charge in [0.25, 0.3) is 0 Å². The van der Waals surface area contributed by atoms with Crippen LogP contribution in [0.5, 0.6) is 0 Å². The second-order valence-electron chi connectivity index (χ2n) is 13.8. The molecule has 6 rings (SSSR count). The first-order valence-electron chi connectivity index (χ1n) is 15.1. The Balaban J connectivity index is 1.17. The van der Waals surface area contributed by atoms with Gasteiger partial charge in [0.2, 0.25) is 0 Å². The van der Waals surface area contributed by atoms with Crippen LogP contribution in [-0.4, -0.2) is 89.6 Å². The van der Waals surface area contributed by atoms with Gasteiger partial charge in [0, 0.05) is 44.2 Å². The lowest BCUT2D eigenvalue weighted by molar-refractivity contribution is -0.206. The Labute approximate surface area is 227 Å². The average molecular weight is 530 g/mol. The van der Waals surface area contributed by atoms with Crippen molar-refractivity contribution in [2.45, 2.75) is 89.3 Å². The lowest BCUT2D eigenvalue weighted by Gasteiger charge is -2.64. The summed E-state index contributed by atoms with van der Waals surface area (Å²) in [4.78, 5) is 29.1. The molecule has 1 unspecified atom stereocenters. The number of ether oxygens (including phenoxy) is 1. The minimum atomic E-state index is -0.688. The van der Waals surface area contributed by atoms with Crippen LogP contribution >= 0.6 is 0 Å². The van der Waals surface area contributed by atoms with E-state index in [4.69, 9.17) is 4.74 Å². The van der Waals surface area contributed by atoms with Crippen molar-refractivity contribution in [1.82, 2.24) is 15.1 Å². The van der Waals surface area contributed by atoms with Crippen LogP contribution in [0.25, 0.3) is 0 Å². The average Bonchev–Trinajstić information content (AvgIpc) is 3.46. The molecule has 2 aliphatic heterocycles. The van der Waals surface area contributed by atoms with E-state index in [-0.39, 0.29) is 47.4 Å². The molecule has 5 fully saturated rings. The zero-order chi connectivity index (χ0) is 26.9. The smallest absolute Gasteiger partial charge is 0.331 e. The lowest BCUT2D eigenvalue weighted by atomic mass is 9.43. The lowest BCUT2D eigenvalue weighted by Crippen LogP contribution is -2.63. The van der Waals surface area contributed by atoms with Gasteiger partial charge in [0.1, 0.15) is 6.61 Å². The second-order valence-corrected chi connectivity index (χ2v) is 13.8. The van der Waals surface area contributed by atoms with Crippen LogP contribution in [0.1, 0.15) is 71.6 Å². The Morgan fingerprint density at radius 2 is 1.97 bits per heavy atom. The van der Waals surface area contributed by atoms with Crippen molar-refractivity contribution in [2.75, 3.05) is 39.9 Å². The van der Waals surface area contributed by atoms with Gasteiger partial charge in [-0.05, 0) is 92.4 Å².